The van der Waals surface area contributed by atoms with Crippen molar-refractivity contribution in [3.05, 3.63) is 35.9 Å². The van der Waals surface area contributed by atoms with Crippen LogP contribution in [0, 0.1) is 5.92 Å². The number of ketones is 1. The molecule has 2 N–H and O–H groups in total. The molecule has 4 nitrogen and oxygen atoms in total. The zero-order chi connectivity index (χ0) is 16.3. The van der Waals surface area contributed by atoms with Gasteiger partial charge >= 0.3 is 0 Å². The fourth-order valence-electron chi connectivity index (χ4n) is 3.89. The number of piperidine rings is 1. The van der Waals surface area contributed by atoms with Crippen molar-refractivity contribution >= 4 is 11.7 Å². The number of nitrogens with two attached hydrogens (primary N) is 1. The summed E-state index contributed by atoms with van der Waals surface area (Å²) in [6.45, 7) is 1.31. The van der Waals surface area contributed by atoms with Crippen molar-refractivity contribution in [2.24, 2.45) is 11.7 Å². The largest absolute Gasteiger partial charge is 0.341 e. The van der Waals surface area contributed by atoms with Crippen LogP contribution in [0.1, 0.15) is 55.3 Å². The Morgan fingerprint density at radius 1 is 1.00 bits per heavy atom. The van der Waals surface area contributed by atoms with E-state index < -0.39 is 5.54 Å². The lowest BCUT2D eigenvalue weighted by atomic mass is 9.80. The quantitative estimate of drug-likeness (QED) is 0.873. The van der Waals surface area contributed by atoms with E-state index in [1.54, 1.807) is 0 Å². The van der Waals surface area contributed by atoms with Crippen LogP contribution in [0.4, 0.5) is 0 Å². The molecule has 1 saturated carbocycles. The van der Waals surface area contributed by atoms with Gasteiger partial charge in [0.05, 0.1) is 5.54 Å². The first-order valence-corrected chi connectivity index (χ1v) is 8.78. The third-order valence-corrected chi connectivity index (χ3v) is 5.38. The Hall–Kier alpha value is -1.68. The Morgan fingerprint density at radius 2 is 1.61 bits per heavy atom. The van der Waals surface area contributed by atoms with Gasteiger partial charge in [0.1, 0.15) is 0 Å². The lowest BCUT2D eigenvalue weighted by Crippen LogP contribution is -2.57. The molecule has 4 heteroatoms. The van der Waals surface area contributed by atoms with Crippen molar-refractivity contribution in [1.29, 1.82) is 0 Å². The summed E-state index contributed by atoms with van der Waals surface area (Å²) in [6, 6.07) is 9.46. The SMILES string of the molecule is NC1(C(=O)N2CCC(C(=O)c3ccccc3)CC2)CCCCC1. The molecular weight excluding hydrogens is 288 g/mol. The number of hydrogen-bond donors (Lipinski definition) is 1. The second-order valence-corrected chi connectivity index (χ2v) is 7.01. The van der Waals surface area contributed by atoms with Crippen LogP contribution in [0.5, 0.6) is 0 Å². The van der Waals surface area contributed by atoms with Crippen molar-refractivity contribution in [1.82, 2.24) is 4.90 Å². The maximum Gasteiger partial charge on any atom is 0.242 e. The summed E-state index contributed by atoms with van der Waals surface area (Å²) in [5.74, 6) is 0.335. The van der Waals surface area contributed by atoms with Gasteiger partial charge in [0, 0.05) is 24.6 Å². The lowest BCUT2D eigenvalue weighted by molar-refractivity contribution is -0.139. The number of likely N-dealkylation sites (tertiary alicyclic amines) is 1. The molecule has 1 aromatic rings. The molecule has 0 unspecified atom stereocenters. The minimum absolute atomic E-state index is 0.0292. The Labute approximate surface area is 138 Å². The minimum atomic E-state index is -0.658. The topological polar surface area (TPSA) is 63.4 Å². The maximum absolute atomic E-state index is 12.7. The zero-order valence-electron chi connectivity index (χ0n) is 13.7. The van der Waals surface area contributed by atoms with Crippen molar-refractivity contribution in [2.45, 2.75) is 50.5 Å². The summed E-state index contributed by atoms with van der Waals surface area (Å²) in [4.78, 5) is 27.1. The van der Waals surface area contributed by atoms with Crippen LogP contribution in [0.25, 0.3) is 0 Å². The number of rotatable bonds is 3. The zero-order valence-corrected chi connectivity index (χ0v) is 13.7. The van der Waals surface area contributed by atoms with Gasteiger partial charge in [0.25, 0.3) is 0 Å². The molecule has 2 aliphatic rings. The Bertz CT molecular complexity index is 556. The van der Waals surface area contributed by atoms with E-state index in [9.17, 15) is 9.59 Å². The van der Waals surface area contributed by atoms with Gasteiger partial charge in [0.15, 0.2) is 5.78 Å². The summed E-state index contributed by atoms with van der Waals surface area (Å²) in [5.41, 5.74) is 6.48. The van der Waals surface area contributed by atoms with Crippen LogP contribution in [0.15, 0.2) is 30.3 Å². The smallest absolute Gasteiger partial charge is 0.242 e. The van der Waals surface area contributed by atoms with Gasteiger partial charge in [-0.25, -0.2) is 0 Å². The highest BCUT2D eigenvalue weighted by molar-refractivity contribution is 5.98. The van der Waals surface area contributed by atoms with E-state index in [0.29, 0.717) is 13.1 Å². The highest BCUT2D eigenvalue weighted by Gasteiger charge is 2.39. The number of benzene rings is 1. The number of nitrogens with zero attached hydrogens (tertiary/aromatic N) is 1. The molecule has 0 bridgehead atoms. The molecule has 3 rings (SSSR count). The predicted octanol–water partition coefficient (Wildman–Crippen LogP) is 2.77. The summed E-state index contributed by atoms with van der Waals surface area (Å²) >= 11 is 0. The van der Waals surface area contributed by atoms with Gasteiger partial charge in [-0.3, -0.25) is 9.59 Å². The Morgan fingerprint density at radius 3 is 2.22 bits per heavy atom. The summed E-state index contributed by atoms with van der Waals surface area (Å²) in [7, 11) is 0. The van der Waals surface area contributed by atoms with Gasteiger partial charge in [-0.05, 0) is 25.7 Å². The molecule has 23 heavy (non-hydrogen) atoms. The first kappa shape index (κ1) is 16.2. The molecule has 0 atom stereocenters. The van der Waals surface area contributed by atoms with E-state index in [2.05, 4.69) is 0 Å². The molecule has 1 heterocycles. The molecule has 0 aromatic heterocycles. The summed E-state index contributed by atoms with van der Waals surface area (Å²) < 4.78 is 0. The van der Waals surface area contributed by atoms with E-state index in [-0.39, 0.29) is 17.6 Å². The molecule has 1 aliphatic carbocycles. The summed E-state index contributed by atoms with van der Waals surface area (Å²) in [5, 5.41) is 0. The van der Waals surface area contributed by atoms with E-state index in [1.807, 2.05) is 35.2 Å². The van der Waals surface area contributed by atoms with Crippen LogP contribution in [0.2, 0.25) is 0 Å². The average Bonchev–Trinajstić information content (AvgIpc) is 2.62. The number of carbonyl (C=O) groups excluding carboxylic acids is 2. The van der Waals surface area contributed by atoms with E-state index in [0.717, 1.165) is 44.1 Å². The normalized spacial score (nSPS) is 21.9. The van der Waals surface area contributed by atoms with Gasteiger partial charge in [-0.2, -0.15) is 0 Å². The third-order valence-electron chi connectivity index (χ3n) is 5.38. The van der Waals surface area contributed by atoms with Crippen molar-refractivity contribution in [2.75, 3.05) is 13.1 Å². The predicted molar refractivity (Wildman–Crippen MR) is 90.1 cm³/mol. The Balaban J connectivity index is 1.58. The highest BCUT2D eigenvalue weighted by Crippen LogP contribution is 2.30. The van der Waals surface area contributed by atoms with Crippen LogP contribution in [-0.2, 0) is 4.79 Å². The third kappa shape index (κ3) is 3.47. The molecule has 124 valence electrons. The number of hydrogen-bond acceptors (Lipinski definition) is 3. The second kappa shape index (κ2) is 6.83. The first-order valence-electron chi connectivity index (χ1n) is 8.78. The molecule has 0 spiro atoms. The van der Waals surface area contributed by atoms with E-state index >= 15 is 0 Å². The van der Waals surface area contributed by atoms with Crippen LogP contribution in [0.3, 0.4) is 0 Å². The van der Waals surface area contributed by atoms with Gasteiger partial charge in [-0.15, -0.1) is 0 Å². The van der Waals surface area contributed by atoms with Gasteiger partial charge < -0.3 is 10.6 Å². The minimum Gasteiger partial charge on any atom is -0.341 e. The first-order chi connectivity index (χ1) is 11.1. The van der Waals surface area contributed by atoms with Crippen molar-refractivity contribution < 1.29 is 9.59 Å². The number of amides is 1. The maximum atomic E-state index is 12.7. The molecule has 1 aliphatic heterocycles. The molecular formula is C19H26N2O2. The van der Waals surface area contributed by atoms with Crippen molar-refractivity contribution in [3.63, 3.8) is 0 Å². The molecule has 1 saturated heterocycles. The van der Waals surface area contributed by atoms with E-state index in [1.165, 1.54) is 6.42 Å². The van der Waals surface area contributed by atoms with Crippen LogP contribution < -0.4 is 5.73 Å². The standard InChI is InChI=1S/C19H26N2O2/c20-19(11-5-2-6-12-19)18(23)21-13-9-16(10-14-21)17(22)15-7-3-1-4-8-15/h1,3-4,7-8,16H,2,5-6,9-14,20H2. The highest BCUT2D eigenvalue weighted by atomic mass is 16.2. The average molecular weight is 314 g/mol. The monoisotopic (exact) mass is 314 g/mol. The molecule has 0 radical (unpaired) electrons. The number of carbonyl (C=O) groups is 2. The fourth-order valence-corrected chi connectivity index (χ4v) is 3.89. The lowest BCUT2D eigenvalue weighted by Gasteiger charge is -2.39. The Kier molecular flexibility index (Phi) is 4.81. The molecule has 1 aromatic carbocycles. The van der Waals surface area contributed by atoms with Crippen LogP contribution >= 0.6 is 0 Å². The molecule has 1 amide bonds. The second-order valence-electron chi connectivity index (χ2n) is 7.01. The van der Waals surface area contributed by atoms with E-state index in [4.69, 9.17) is 5.73 Å². The summed E-state index contributed by atoms with van der Waals surface area (Å²) in [6.07, 6.45) is 6.37. The number of Topliss-reactive ketones (excluding diaryl/α,β-unsaturated/α-hetero) is 1. The molecule has 2 fully saturated rings. The fraction of sp³-hybridized carbons (Fsp3) is 0.579. The van der Waals surface area contributed by atoms with Gasteiger partial charge in [-0.1, -0.05) is 49.6 Å². The van der Waals surface area contributed by atoms with Crippen molar-refractivity contribution in [3.8, 4) is 0 Å². The van der Waals surface area contributed by atoms with Crippen LogP contribution in [-0.4, -0.2) is 35.2 Å². The van der Waals surface area contributed by atoms with Gasteiger partial charge in [0.2, 0.25) is 5.91 Å².